The molecule has 136 valence electrons. The van der Waals surface area contributed by atoms with E-state index < -0.39 is 0 Å². The van der Waals surface area contributed by atoms with Crippen molar-refractivity contribution in [3.8, 4) is 11.5 Å². The fourth-order valence-electron chi connectivity index (χ4n) is 2.68. The third-order valence-corrected chi connectivity index (χ3v) is 4.32. The molecule has 0 unspecified atom stereocenters. The van der Waals surface area contributed by atoms with E-state index in [0.717, 1.165) is 5.56 Å². The number of hydrogen-bond acceptors (Lipinski definition) is 4. The van der Waals surface area contributed by atoms with Gasteiger partial charge in [-0.15, -0.1) is 0 Å². The number of nitrogens with one attached hydrogen (secondary N) is 1. The molecular weight excluding hydrogens is 356 g/mol. The van der Waals surface area contributed by atoms with Crippen LogP contribution in [0, 0.1) is 6.92 Å². The maximum absolute atomic E-state index is 12.3. The van der Waals surface area contributed by atoms with Gasteiger partial charge in [-0.1, -0.05) is 17.7 Å². The highest BCUT2D eigenvalue weighted by atomic mass is 35.5. The third kappa shape index (κ3) is 4.08. The van der Waals surface area contributed by atoms with E-state index in [0.29, 0.717) is 27.9 Å². The maximum atomic E-state index is 12.3. The number of halogens is 1. The van der Waals surface area contributed by atoms with Gasteiger partial charge in [0.15, 0.2) is 11.5 Å². The predicted molar refractivity (Wildman–Crippen MR) is 100 cm³/mol. The van der Waals surface area contributed by atoms with Gasteiger partial charge in [-0.3, -0.25) is 9.59 Å². The van der Waals surface area contributed by atoms with E-state index in [2.05, 4.69) is 5.32 Å². The van der Waals surface area contributed by atoms with Crippen molar-refractivity contribution in [2.75, 3.05) is 23.6 Å². The summed E-state index contributed by atoms with van der Waals surface area (Å²) in [6.45, 7) is 3.77. The Balaban J connectivity index is 1.66. The minimum atomic E-state index is -0.192. The molecule has 0 aliphatic carbocycles. The third-order valence-electron chi connectivity index (χ3n) is 4.08. The predicted octanol–water partition coefficient (Wildman–Crippen LogP) is 3.76. The van der Waals surface area contributed by atoms with E-state index in [1.165, 1.54) is 11.8 Å². The van der Waals surface area contributed by atoms with E-state index in [-0.39, 0.29) is 31.6 Å². The Hall–Kier alpha value is -2.73. The molecule has 3 rings (SSSR count). The van der Waals surface area contributed by atoms with Gasteiger partial charge in [0.25, 0.3) is 0 Å². The molecule has 0 saturated carbocycles. The zero-order valence-electron chi connectivity index (χ0n) is 14.5. The normalized spacial score (nSPS) is 12.0. The van der Waals surface area contributed by atoms with Crippen molar-refractivity contribution in [2.24, 2.45) is 0 Å². The van der Waals surface area contributed by atoms with Crippen LogP contribution >= 0.6 is 11.6 Å². The number of carbonyl (C=O) groups excluding carboxylic acids is 2. The van der Waals surface area contributed by atoms with Crippen molar-refractivity contribution >= 4 is 34.8 Å². The van der Waals surface area contributed by atoms with Crippen LogP contribution in [0.5, 0.6) is 11.5 Å². The van der Waals surface area contributed by atoms with Crippen molar-refractivity contribution < 1.29 is 19.1 Å². The molecule has 0 radical (unpaired) electrons. The molecule has 0 atom stereocenters. The average molecular weight is 375 g/mol. The lowest BCUT2D eigenvalue weighted by Gasteiger charge is -2.21. The lowest BCUT2D eigenvalue weighted by Crippen LogP contribution is -2.32. The molecule has 1 heterocycles. The second-order valence-corrected chi connectivity index (χ2v) is 6.40. The molecule has 26 heavy (non-hydrogen) atoms. The molecule has 0 aromatic heterocycles. The fourth-order valence-corrected chi connectivity index (χ4v) is 2.85. The quantitative estimate of drug-likeness (QED) is 0.865. The van der Waals surface area contributed by atoms with Crippen LogP contribution in [-0.4, -0.2) is 25.2 Å². The molecule has 0 bridgehead atoms. The van der Waals surface area contributed by atoms with Gasteiger partial charge in [0.1, 0.15) is 0 Å². The number of rotatable bonds is 5. The molecule has 1 aliphatic heterocycles. The summed E-state index contributed by atoms with van der Waals surface area (Å²) >= 11 is 5.97. The van der Waals surface area contributed by atoms with Crippen molar-refractivity contribution in [3.05, 3.63) is 47.0 Å². The zero-order valence-corrected chi connectivity index (χ0v) is 15.3. The van der Waals surface area contributed by atoms with Crippen LogP contribution in [0.4, 0.5) is 11.4 Å². The van der Waals surface area contributed by atoms with E-state index in [1.54, 1.807) is 30.3 Å². The Kier molecular flexibility index (Phi) is 5.32. The summed E-state index contributed by atoms with van der Waals surface area (Å²) in [5.41, 5.74) is 2.25. The van der Waals surface area contributed by atoms with Crippen LogP contribution in [-0.2, 0) is 9.59 Å². The van der Waals surface area contributed by atoms with Gasteiger partial charge in [0, 0.05) is 42.4 Å². The van der Waals surface area contributed by atoms with Gasteiger partial charge in [-0.2, -0.15) is 0 Å². The van der Waals surface area contributed by atoms with Crippen molar-refractivity contribution in [2.45, 2.75) is 20.3 Å². The summed E-state index contributed by atoms with van der Waals surface area (Å²) in [6.07, 6.45) is 0.153. The Morgan fingerprint density at radius 3 is 2.69 bits per heavy atom. The molecule has 0 saturated heterocycles. The summed E-state index contributed by atoms with van der Waals surface area (Å²) in [5.74, 6) is 0.886. The molecular formula is C19H19ClN2O4. The molecule has 2 amide bonds. The first kappa shape index (κ1) is 18.1. The smallest absolute Gasteiger partial charge is 0.231 e. The minimum Gasteiger partial charge on any atom is -0.454 e. The van der Waals surface area contributed by atoms with Crippen molar-refractivity contribution in [1.82, 2.24) is 0 Å². The van der Waals surface area contributed by atoms with Crippen LogP contribution < -0.4 is 19.7 Å². The first-order chi connectivity index (χ1) is 12.4. The second-order valence-electron chi connectivity index (χ2n) is 5.97. The van der Waals surface area contributed by atoms with E-state index >= 15 is 0 Å². The van der Waals surface area contributed by atoms with Gasteiger partial charge in [-0.25, -0.2) is 0 Å². The van der Waals surface area contributed by atoms with Crippen LogP contribution in [0.1, 0.15) is 18.9 Å². The van der Waals surface area contributed by atoms with Gasteiger partial charge in [0.05, 0.1) is 0 Å². The monoisotopic (exact) mass is 374 g/mol. The van der Waals surface area contributed by atoms with Crippen LogP contribution in [0.3, 0.4) is 0 Å². The number of amides is 2. The first-order valence-corrected chi connectivity index (χ1v) is 8.55. The van der Waals surface area contributed by atoms with E-state index in [4.69, 9.17) is 21.1 Å². The molecule has 1 aliphatic rings. The summed E-state index contributed by atoms with van der Waals surface area (Å²) < 4.78 is 10.6. The number of hydrogen-bond donors (Lipinski definition) is 1. The highest BCUT2D eigenvalue weighted by molar-refractivity contribution is 6.31. The lowest BCUT2D eigenvalue weighted by molar-refractivity contribution is -0.117. The van der Waals surface area contributed by atoms with Crippen LogP contribution in [0.2, 0.25) is 5.02 Å². The van der Waals surface area contributed by atoms with E-state index in [9.17, 15) is 9.59 Å². The van der Waals surface area contributed by atoms with Gasteiger partial charge < -0.3 is 19.7 Å². The van der Waals surface area contributed by atoms with Crippen molar-refractivity contribution in [3.63, 3.8) is 0 Å². The van der Waals surface area contributed by atoms with Crippen LogP contribution in [0.15, 0.2) is 36.4 Å². The Morgan fingerprint density at radius 2 is 1.92 bits per heavy atom. The number of nitrogens with zero attached hydrogens (tertiary/aromatic N) is 1. The van der Waals surface area contributed by atoms with Gasteiger partial charge >= 0.3 is 0 Å². The molecule has 2 aromatic rings. The number of benzene rings is 2. The Morgan fingerprint density at radius 1 is 1.15 bits per heavy atom. The second kappa shape index (κ2) is 7.66. The summed E-state index contributed by atoms with van der Waals surface area (Å²) in [4.78, 5) is 25.8. The van der Waals surface area contributed by atoms with Gasteiger partial charge in [0.2, 0.25) is 18.6 Å². The van der Waals surface area contributed by atoms with E-state index in [1.807, 2.05) is 13.0 Å². The van der Waals surface area contributed by atoms with Gasteiger partial charge in [-0.05, 0) is 36.8 Å². The SMILES string of the molecule is CC(=O)N(CCC(=O)Nc1cc(Cl)ccc1C)c1ccc2c(c1)OCO2. The highest BCUT2D eigenvalue weighted by Crippen LogP contribution is 2.35. The van der Waals surface area contributed by atoms with Crippen molar-refractivity contribution in [1.29, 1.82) is 0 Å². The Labute approximate surface area is 156 Å². The maximum Gasteiger partial charge on any atom is 0.231 e. The highest BCUT2D eigenvalue weighted by Gasteiger charge is 2.19. The summed E-state index contributed by atoms with van der Waals surface area (Å²) in [7, 11) is 0. The topological polar surface area (TPSA) is 67.9 Å². The largest absolute Gasteiger partial charge is 0.454 e. The molecule has 0 spiro atoms. The number of anilines is 2. The molecule has 0 fully saturated rings. The summed E-state index contributed by atoms with van der Waals surface area (Å²) in [6, 6.07) is 10.6. The molecule has 2 aromatic carbocycles. The fraction of sp³-hybridized carbons (Fsp3) is 0.263. The summed E-state index contributed by atoms with van der Waals surface area (Å²) in [5, 5.41) is 3.38. The Bertz CT molecular complexity index is 853. The zero-order chi connectivity index (χ0) is 18.7. The lowest BCUT2D eigenvalue weighted by atomic mass is 10.2. The van der Waals surface area contributed by atoms with Crippen LogP contribution in [0.25, 0.3) is 0 Å². The minimum absolute atomic E-state index is 0.153. The first-order valence-electron chi connectivity index (χ1n) is 8.18. The molecule has 6 nitrogen and oxygen atoms in total. The number of aryl methyl sites for hydroxylation is 1. The molecule has 7 heteroatoms. The number of fused-ring (bicyclic) bond motifs is 1. The average Bonchev–Trinajstić information content (AvgIpc) is 3.06. The molecule has 1 N–H and O–H groups in total. The number of carbonyl (C=O) groups is 2. The number of ether oxygens (including phenoxy) is 2. The standard InChI is InChI=1S/C19H19ClN2O4/c1-12-3-4-14(20)9-16(12)21-19(24)7-8-22(13(2)23)15-5-6-17-18(10-15)26-11-25-17/h3-6,9-10H,7-8,11H2,1-2H3,(H,21,24).